The summed E-state index contributed by atoms with van der Waals surface area (Å²) in [7, 11) is 0. The molecule has 4 atom stereocenters. The Balaban J connectivity index is 2.21. The van der Waals surface area contributed by atoms with Crippen molar-refractivity contribution in [3.63, 3.8) is 0 Å². The predicted octanol–water partition coefficient (Wildman–Crippen LogP) is -1.89. The number of nitrogens with one attached hydrogen (secondary N) is 4. The van der Waals surface area contributed by atoms with Crippen molar-refractivity contribution in [2.75, 3.05) is 0 Å². The highest BCUT2D eigenvalue weighted by Gasteiger charge is 2.31. The maximum Gasteiger partial charge on any atom is 0.326 e. The van der Waals surface area contributed by atoms with Crippen LogP contribution in [0.5, 0.6) is 5.75 Å². The fraction of sp³-hybridized carbons (Fsp3) is 0.375. The van der Waals surface area contributed by atoms with Gasteiger partial charge in [0, 0.05) is 31.2 Å². The van der Waals surface area contributed by atoms with Gasteiger partial charge >= 0.3 is 17.9 Å². The molecule has 4 unspecified atom stereocenters. The summed E-state index contributed by atoms with van der Waals surface area (Å²) in [6.07, 6.45) is 0.622. The minimum atomic E-state index is -1.51. The van der Waals surface area contributed by atoms with E-state index in [0.717, 1.165) is 0 Å². The molecule has 2 aromatic rings. The van der Waals surface area contributed by atoms with Crippen molar-refractivity contribution in [1.29, 1.82) is 0 Å². The summed E-state index contributed by atoms with van der Waals surface area (Å²) < 4.78 is 0. The fourth-order valence-corrected chi connectivity index (χ4v) is 3.53. The number of hydrogen-bond donors (Lipinski definition) is 9. The standard InChI is InChI=1S/C24H30N6O10/c25-15(9-20(34)35)21(36)29-17(8-13-10-26-11-27-13)23(38)28-16(5-6-19(32)33)22(37)30-18(24(39)40)7-12-1-3-14(31)4-2-12/h1-4,10-11,15-18,31H,5-9,25H2,(H,26,27)(H,28,38)(H,29,36)(H,30,37)(H,32,33)(H,34,35)(H,39,40). The number of nitrogens with two attached hydrogens (primary N) is 1. The van der Waals surface area contributed by atoms with Crippen LogP contribution in [-0.4, -0.2) is 90.2 Å². The van der Waals surface area contributed by atoms with Crippen LogP contribution in [0.15, 0.2) is 36.8 Å². The van der Waals surface area contributed by atoms with E-state index >= 15 is 0 Å². The van der Waals surface area contributed by atoms with Crippen LogP contribution >= 0.6 is 0 Å². The quantitative estimate of drug-likeness (QED) is 0.109. The third-order valence-corrected chi connectivity index (χ3v) is 5.61. The molecule has 2 rings (SSSR count). The smallest absolute Gasteiger partial charge is 0.326 e. The highest BCUT2D eigenvalue weighted by atomic mass is 16.4. The van der Waals surface area contributed by atoms with Gasteiger partial charge in [0.15, 0.2) is 0 Å². The van der Waals surface area contributed by atoms with Gasteiger partial charge in [-0.25, -0.2) is 9.78 Å². The summed E-state index contributed by atoms with van der Waals surface area (Å²) in [5.74, 6) is -6.97. The van der Waals surface area contributed by atoms with Crippen molar-refractivity contribution in [1.82, 2.24) is 25.9 Å². The summed E-state index contributed by atoms with van der Waals surface area (Å²) in [6, 6.07) is -0.269. The third-order valence-electron chi connectivity index (χ3n) is 5.61. The molecule has 40 heavy (non-hydrogen) atoms. The molecule has 0 bridgehead atoms. The minimum Gasteiger partial charge on any atom is -0.508 e. The molecule has 0 radical (unpaired) electrons. The number of imidazole rings is 1. The second-order valence-electron chi connectivity index (χ2n) is 8.81. The average Bonchev–Trinajstić information content (AvgIpc) is 3.39. The van der Waals surface area contributed by atoms with Gasteiger partial charge < -0.3 is 47.1 Å². The van der Waals surface area contributed by atoms with E-state index in [4.69, 9.17) is 15.9 Å². The van der Waals surface area contributed by atoms with Crippen molar-refractivity contribution in [3.05, 3.63) is 48.0 Å². The van der Waals surface area contributed by atoms with Gasteiger partial charge in [-0.3, -0.25) is 24.0 Å². The molecule has 16 nitrogen and oxygen atoms in total. The molecule has 0 aliphatic carbocycles. The van der Waals surface area contributed by atoms with Gasteiger partial charge in [-0.15, -0.1) is 0 Å². The fourth-order valence-electron chi connectivity index (χ4n) is 3.53. The van der Waals surface area contributed by atoms with Gasteiger partial charge in [0.2, 0.25) is 17.7 Å². The number of benzene rings is 1. The molecule has 0 saturated heterocycles. The number of aromatic hydroxyl groups is 1. The molecule has 0 aliphatic heterocycles. The maximum atomic E-state index is 13.2. The zero-order valence-corrected chi connectivity index (χ0v) is 21.1. The van der Waals surface area contributed by atoms with Crippen LogP contribution in [0.1, 0.15) is 30.5 Å². The first-order valence-corrected chi connectivity index (χ1v) is 11.9. The second kappa shape index (κ2) is 14.8. The number of carbonyl (C=O) groups is 6. The topological polar surface area (TPSA) is 274 Å². The number of phenols is 1. The van der Waals surface area contributed by atoms with E-state index in [1.165, 1.54) is 36.8 Å². The number of rotatable bonds is 16. The predicted molar refractivity (Wildman–Crippen MR) is 135 cm³/mol. The van der Waals surface area contributed by atoms with E-state index in [0.29, 0.717) is 11.3 Å². The van der Waals surface area contributed by atoms with Gasteiger partial charge in [0.05, 0.1) is 18.8 Å². The van der Waals surface area contributed by atoms with Gasteiger partial charge in [0.1, 0.15) is 23.9 Å². The first kappa shape index (κ1) is 31.2. The van der Waals surface area contributed by atoms with Crippen molar-refractivity contribution in [3.8, 4) is 5.75 Å². The van der Waals surface area contributed by atoms with E-state index < -0.39 is 79.1 Å². The minimum absolute atomic E-state index is 0.0446. The Labute approximate surface area is 227 Å². The van der Waals surface area contributed by atoms with Crippen LogP contribution < -0.4 is 21.7 Å². The molecule has 0 spiro atoms. The maximum absolute atomic E-state index is 13.2. The average molecular weight is 563 g/mol. The van der Waals surface area contributed by atoms with Crippen molar-refractivity contribution < 1.29 is 49.2 Å². The second-order valence-corrected chi connectivity index (χ2v) is 8.81. The SMILES string of the molecule is NC(CC(=O)O)C(=O)NC(Cc1cnc[nH]1)C(=O)NC(CCC(=O)O)C(=O)NC(Cc1ccc(O)cc1)C(=O)O. The third kappa shape index (κ3) is 10.4. The van der Waals surface area contributed by atoms with Gasteiger partial charge in [0.25, 0.3) is 0 Å². The van der Waals surface area contributed by atoms with E-state index in [-0.39, 0.29) is 18.6 Å². The largest absolute Gasteiger partial charge is 0.508 e. The molecule has 216 valence electrons. The van der Waals surface area contributed by atoms with Crippen molar-refractivity contribution in [2.24, 2.45) is 5.73 Å². The molecule has 1 heterocycles. The van der Waals surface area contributed by atoms with E-state index in [2.05, 4.69) is 25.9 Å². The summed E-state index contributed by atoms with van der Waals surface area (Å²) in [6.45, 7) is 0. The summed E-state index contributed by atoms with van der Waals surface area (Å²) in [4.78, 5) is 79.1. The van der Waals surface area contributed by atoms with Crippen LogP contribution in [0.25, 0.3) is 0 Å². The number of carboxylic acid groups (broad SMARTS) is 3. The Kier molecular flexibility index (Phi) is 11.6. The van der Waals surface area contributed by atoms with E-state index in [9.17, 15) is 39.0 Å². The highest BCUT2D eigenvalue weighted by Crippen LogP contribution is 2.12. The zero-order valence-electron chi connectivity index (χ0n) is 21.1. The van der Waals surface area contributed by atoms with Crippen LogP contribution in [0.4, 0.5) is 0 Å². The Morgan fingerprint density at radius 1 is 0.825 bits per heavy atom. The van der Waals surface area contributed by atoms with E-state index in [1.807, 2.05) is 0 Å². The number of amides is 3. The van der Waals surface area contributed by atoms with Crippen LogP contribution in [0.2, 0.25) is 0 Å². The number of aromatic nitrogens is 2. The zero-order chi connectivity index (χ0) is 29.8. The molecule has 3 amide bonds. The normalized spacial score (nSPS) is 13.7. The summed E-state index contributed by atoms with van der Waals surface area (Å²) in [5.41, 5.74) is 6.44. The Bertz CT molecular complexity index is 1200. The Morgan fingerprint density at radius 2 is 1.43 bits per heavy atom. The lowest BCUT2D eigenvalue weighted by molar-refractivity contribution is -0.143. The molecule has 16 heteroatoms. The van der Waals surface area contributed by atoms with Crippen molar-refractivity contribution in [2.45, 2.75) is 56.3 Å². The lowest BCUT2D eigenvalue weighted by atomic mass is 10.0. The lowest BCUT2D eigenvalue weighted by Gasteiger charge is -2.25. The Morgan fingerprint density at radius 3 is 1.98 bits per heavy atom. The van der Waals surface area contributed by atoms with Gasteiger partial charge in [-0.2, -0.15) is 0 Å². The molecule has 1 aromatic carbocycles. The van der Waals surface area contributed by atoms with E-state index in [1.54, 1.807) is 0 Å². The molecule has 0 fully saturated rings. The van der Waals surface area contributed by atoms with Crippen molar-refractivity contribution >= 4 is 35.6 Å². The summed E-state index contributed by atoms with van der Waals surface area (Å²) >= 11 is 0. The number of hydrogen-bond acceptors (Lipinski definition) is 9. The lowest BCUT2D eigenvalue weighted by Crippen LogP contribution is -2.58. The summed E-state index contributed by atoms with van der Waals surface area (Å²) in [5, 5.41) is 44.0. The Hall–Kier alpha value is -4.99. The molecule has 10 N–H and O–H groups in total. The number of carboxylic acids is 3. The first-order valence-electron chi connectivity index (χ1n) is 11.9. The van der Waals surface area contributed by atoms with Gasteiger partial charge in [-0.1, -0.05) is 12.1 Å². The number of H-pyrrole nitrogens is 1. The molecule has 0 saturated carbocycles. The van der Waals surface area contributed by atoms with Crippen LogP contribution in [-0.2, 0) is 41.6 Å². The molecule has 1 aromatic heterocycles. The number of carbonyl (C=O) groups excluding carboxylic acids is 3. The molecular weight excluding hydrogens is 532 g/mol. The number of aromatic amines is 1. The highest BCUT2D eigenvalue weighted by molar-refractivity contribution is 5.95. The monoisotopic (exact) mass is 562 g/mol. The first-order chi connectivity index (χ1) is 18.8. The number of nitrogens with zero attached hydrogens (tertiary/aromatic N) is 1. The van der Waals surface area contributed by atoms with Crippen LogP contribution in [0, 0.1) is 0 Å². The van der Waals surface area contributed by atoms with Gasteiger partial charge in [-0.05, 0) is 24.1 Å². The molecule has 0 aliphatic rings. The number of phenolic OH excluding ortho intramolecular Hbond substituents is 1. The molecular formula is C24H30N6O10. The van der Waals surface area contributed by atoms with Crippen LogP contribution in [0.3, 0.4) is 0 Å². The number of aliphatic carboxylic acids is 3.